The molecule has 0 radical (unpaired) electrons. The Morgan fingerprint density at radius 1 is 1.16 bits per heavy atom. The predicted octanol–water partition coefficient (Wildman–Crippen LogP) is 2.91. The summed E-state index contributed by atoms with van der Waals surface area (Å²) in [5, 5.41) is 9.67. The molecule has 1 heterocycles. The van der Waals surface area contributed by atoms with Crippen molar-refractivity contribution in [2.24, 2.45) is 0 Å². The molecule has 0 aliphatic heterocycles. The summed E-state index contributed by atoms with van der Waals surface area (Å²) in [5.74, 6) is -0.170. The van der Waals surface area contributed by atoms with Gasteiger partial charge in [-0.3, -0.25) is 4.79 Å². The van der Waals surface area contributed by atoms with Crippen LogP contribution in [0.1, 0.15) is 16.8 Å². The second kappa shape index (κ2) is 4.37. The fraction of sp³-hybridized carbons (Fsp3) is 0. The topological polar surface area (TPSA) is 68.9 Å². The fourth-order valence-electron chi connectivity index (χ4n) is 2.06. The Morgan fingerprint density at radius 2 is 1.95 bits per heavy atom. The van der Waals surface area contributed by atoms with Crippen molar-refractivity contribution in [3.63, 3.8) is 0 Å². The van der Waals surface area contributed by atoms with Gasteiger partial charge in [0.25, 0.3) is 0 Å². The Balaban J connectivity index is 2.19. The largest absolute Gasteiger partial charge is 0.493 e. The van der Waals surface area contributed by atoms with Crippen molar-refractivity contribution >= 4 is 35.7 Å². The van der Waals surface area contributed by atoms with Gasteiger partial charge >= 0.3 is 0 Å². The lowest BCUT2D eigenvalue weighted by atomic mass is 9.91. The van der Waals surface area contributed by atoms with Gasteiger partial charge < -0.3 is 15.1 Å². The number of allylic oxidation sites excluding steroid dienone is 2. The summed E-state index contributed by atoms with van der Waals surface area (Å²) in [6, 6.07) is 7.60. The van der Waals surface area contributed by atoms with Crippen LogP contribution in [0.2, 0.25) is 0 Å². The van der Waals surface area contributed by atoms with E-state index < -0.39 is 0 Å². The molecular weight excluding hydrogens is 260 g/mol. The first-order valence-corrected chi connectivity index (χ1v) is 6.11. The third-order valence-electron chi connectivity index (χ3n) is 2.95. The monoisotopic (exact) mass is 270 g/mol. The maximum absolute atomic E-state index is 12.0. The van der Waals surface area contributed by atoms with Crippen LogP contribution in [0.4, 0.5) is 0 Å². The van der Waals surface area contributed by atoms with Crippen molar-refractivity contribution in [1.82, 2.24) is 9.97 Å². The van der Waals surface area contributed by atoms with Gasteiger partial charge in [-0.15, -0.1) is 0 Å². The van der Waals surface area contributed by atoms with E-state index >= 15 is 0 Å². The van der Waals surface area contributed by atoms with Gasteiger partial charge in [0.05, 0.1) is 0 Å². The highest BCUT2D eigenvalue weighted by molar-refractivity contribution is 7.71. The Bertz CT molecular complexity index is 781. The summed E-state index contributed by atoms with van der Waals surface area (Å²) in [7, 11) is 0. The standard InChI is InChI=1S/C14H10N2O2S/c17-12-6-5-8-3-1-2-4-9(8)10(12)7-11-13(18)16-14(19)15-11/h1-7,18H,(H2,15,16,19). The third kappa shape index (κ3) is 2.04. The van der Waals surface area contributed by atoms with Gasteiger partial charge in [0.15, 0.2) is 10.6 Å². The molecule has 0 atom stereocenters. The van der Waals surface area contributed by atoms with E-state index in [4.69, 9.17) is 12.2 Å². The number of imidazole rings is 1. The zero-order chi connectivity index (χ0) is 13.4. The van der Waals surface area contributed by atoms with E-state index in [1.54, 1.807) is 12.2 Å². The van der Waals surface area contributed by atoms with E-state index in [-0.39, 0.29) is 11.7 Å². The number of hydrogen-bond donors (Lipinski definition) is 3. The summed E-state index contributed by atoms with van der Waals surface area (Å²) in [4.78, 5) is 17.4. The lowest BCUT2D eigenvalue weighted by Crippen LogP contribution is -2.04. The fourth-order valence-corrected chi connectivity index (χ4v) is 2.27. The van der Waals surface area contributed by atoms with Crippen molar-refractivity contribution in [3.05, 3.63) is 51.9 Å². The lowest BCUT2D eigenvalue weighted by molar-refractivity contribution is -0.109. The van der Waals surface area contributed by atoms with Crippen molar-refractivity contribution in [2.75, 3.05) is 0 Å². The molecule has 3 N–H and O–H groups in total. The van der Waals surface area contributed by atoms with Crippen LogP contribution in [-0.4, -0.2) is 20.9 Å². The summed E-state index contributed by atoms with van der Waals surface area (Å²) in [6.45, 7) is 0. The van der Waals surface area contributed by atoms with Gasteiger partial charge in [0, 0.05) is 5.57 Å². The SMILES string of the molecule is O=C1C=Cc2ccccc2C1=Cc1[nH]c(=S)[nH]c1O. The van der Waals surface area contributed by atoms with Gasteiger partial charge in [0.1, 0.15) is 5.69 Å². The molecule has 0 unspecified atom stereocenters. The molecular formula is C14H10N2O2S. The van der Waals surface area contributed by atoms with Gasteiger partial charge in [-0.1, -0.05) is 30.3 Å². The van der Waals surface area contributed by atoms with E-state index in [1.807, 2.05) is 24.3 Å². The Kier molecular flexibility index (Phi) is 2.68. The number of fused-ring (bicyclic) bond motifs is 1. The van der Waals surface area contributed by atoms with E-state index in [0.29, 0.717) is 16.0 Å². The number of nitrogens with one attached hydrogen (secondary N) is 2. The minimum absolute atomic E-state index is 0.0719. The first-order valence-electron chi connectivity index (χ1n) is 5.70. The number of aromatic hydroxyl groups is 1. The molecule has 94 valence electrons. The molecule has 1 aliphatic carbocycles. The summed E-state index contributed by atoms with van der Waals surface area (Å²) >= 11 is 4.90. The molecule has 0 spiro atoms. The zero-order valence-corrected chi connectivity index (χ0v) is 10.6. The molecule has 1 aromatic carbocycles. The number of aromatic amines is 2. The molecule has 2 aromatic rings. The van der Waals surface area contributed by atoms with Crippen LogP contribution in [0, 0.1) is 4.77 Å². The second-order valence-corrected chi connectivity index (χ2v) is 4.59. The van der Waals surface area contributed by atoms with Crippen LogP contribution in [0.5, 0.6) is 5.88 Å². The van der Waals surface area contributed by atoms with E-state index in [9.17, 15) is 9.90 Å². The molecule has 0 fully saturated rings. The quantitative estimate of drug-likeness (QED) is 0.551. The van der Waals surface area contributed by atoms with E-state index in [1.165, 1.54) is 6.08 Å². The first kappa shape index (κ1) is 11.7. The number of benzene rings is 1. The normalized spacial score (nSPS) is 15.8. The van der Waals surface area contributed by atoms with Crippen LogP contribution in [0.3, 0.4) is 0 Å². The summed E-state index contributed by atoms with van der Waals surface area (Å²) in [5.41, 5.74) is 2.74. The number of carbonyl (C=O) groups is 1. The second-order valence-electron chi connectivity index (χ2n) is 4.18. The smallest absolute Gasteiger partial charge is 0.215 e. The molecule has 0 saturated heterocycles. The number of aromatic nitrogens is 2. The van der Waals surface area contributed by atoms with Crippen LogP contribution < -0.4 is 0 Å². The van der Waals surface area contributed by atoms with Crippen LogP contribution in [-0.2, 0) is 4.79 Å². The average molecular weight is 270 g/mol. The van der Waals surface area contributed by atoms with Crippen LogP contribution in [0.15, 0.2) is 30.3 Å². The van der Waals surface area contributed by atoms with Gasteiger partial charge in [0.2, 0.25) is 5.88 Å². The minimum atomic E-state index is -0.0985. The molecule has 0 amide bonds. The zero-order valence-electron chi connectivity index (χ0n) is 9.81. The maximum atomic E-state index is 12.0. The number of ketones is 1. The Labute approximate surface area is 114 Å². The molecule has 1 aliphatic rings. The summed E-state index contributed by atoms with van der Waals surface area (Å²) < 4.78 is 0.316. The molecule has 4 nitrogen and oxygen atoms in total. The molecule has 3 rings (SSSR count). The molecule has 0 saturated carbocycles. The van der Waals surface area contributed by atoms with Gasteiger partial charge in [-0.2, -0.15) is 0 Å². The third-order valence-corrected chi connectivity index (χ3v) is 3.16. The van der Waals surface area contributed by atoms with Gasteiger partial charge in [-0.25, -0.2) is 0 Å². The number of H-pyrrole nitrogens is 2. The Hall–Kier alpha value is -2.40. The van der Waals surface area contributed by atoms with Crippen LogP contribution >= 0.6 is 12.2 Å². The van der Waals surface area contributed by atoms with E-state index in [2.05, 4.69) is 9.97 Å². The maximum Gasteiger partial charge on any atom is 0.215 e. The number of carbonyl (C=O) groups excluding carboxylic acids is 1. The first-order chi connectivity index (χ1) is 9.15. The molecule has 0 bridgehead atoms. The highest BCUT2D eigenvalue weighted by Crippen LogP contribution is 2.29. The van der Waals surface area contributed by atoms with Crippen molar-refractivity contribution in [1.29, 1.82) is 0 Å². The van der Waals surface area contributed by atoms with Crippen molar-refractivity contribution in [3.8, 4) is 5.88 Å². The lowest BCUT2D eigenvalue weighted by Gasteiger charge is -2.12. The van der Waals surface area contributed by atoms with Crippen molar-refractivity contribution in [2.45, 2.75) is 0 Å². The summed E-state index contributed by atoms with van der Waals surface area (Å²) in [6.07, 6.45) is 4.91. The van der Waals surface area contributed by atoms with Crippen molar-refractivity contribution < 1.29 is 9.90 Å². The molecule has 19 heavy (non-hydrogen) atoms. The molecule has 1 aromatic heterocycles. The molecule has 5 heteroatoms. The highest BCUT2D eigenvalue weighted by atomic mass is 32.1. The predicted molar refractivity (Wildman–Crippen MR) is 76.0 cm³/mol. The van der Waals surface area contributed by atoms with E-state index in [0.717, 1.165) is 11.1 Å². The average Bonchev–Trinajstić information content (AvgIpc) is 2.71. The Morgan fingerprint density at radius 3 is 2.68 bits per heavy atom. The van der Waals surface area contributed by atoms with Crippen LogP contribution in [0.25, 0.3) is 17.7 Å². The highest BCUT2D eigenvalue weighted by Gasteiger charge is 2.17. The number of rotatable bonds is 1. The number of hydrogen-bond acceptors (Lipinski definition) is 3. The van der Waals surface area contributed by atoms with Gasteiger partial charge in [-0.05, 0) is 35.5 Å². The minimum Gasteiger partial charge on any atom is -0.493 e.